The molecule has 3 N–H and O–H groups in total. The predicted molar refractivity (Wildman–Crippen MR) is 54.7 cm³/mol. The number of aromatic amines is 1. The first-order valence-electron chi connectivity index (χ1n) is 3.60. The predicted octanol–water partition coefficient (Wildman–Crippen LogP) is 2.48. The van der Waals surface area contributed by atoms with Crippen molar-refractivity contribution >= 4 is 29.1 Å². The normalized spacial score (nSPS) is 9.75. The van der Waals surface area contributed by atoms with E-state index in [4.69, 9.17) is 5.73 Å². The molecule has 0 radical (unpaired) electrons. The Morgan fingerprint density at radius 2 is 2.00 bits per heavy atom. The second-order valence-corrected chi connectivity index (χ2v) is 2.82. The van der Waals surface area contributed by atoms with Gasteiger partial charge in [-0.3, -0.25) is 0 Å². The molecule has 2 rings (SSSR count). The molecule has 3 heteroatoms. The van der Waals surface area contributed by atoms with Gasteiger partial charge in [0.25, 0.3) is 0 Å². The summed E-state index contributed by atoms with van der Waals surface area (Å²) < 4.78 is 0. The Morgan fingerprint density at radius 3 is 2.75 bits per heavy atom. The summed E-state index contributed by atoms with van der Waals surface area (Å²) in [6.07, 6.45) is 0. The maximum Gasteiger partial charge on any atom is 0.101 e. The molecule has 0 aliphatic heterocycles. The highest BCUT2D eigenvalue weighted by atomic mass is 35.5. The first-order chi connectivity index (χ1) is 5.25. The standard InChI is InChI=1S/C9H10N2.ClH/c1-6-2-3-8-7(4-6)5-9(10)11-8;/h2-5,11H,10H2,1H3;1H. The molecule has 12 heavy (non-hydrogen) atoms. The Kier molecular flexibility index (Phi) is 2.29. The minimum Gasteiger partial charge on any atom is -0.385 e. The molecule has 0 atom stereocenters. The lowest BCUT2D eigenvalue weighted by Gasteiger charge is -1.90. The lowest BCUT2D eigenvalue weighted by molar-refractivity contribution is 1.46. The van der Waals surface area contributed by atoms with Crippen LogP contribution in [0.5, 0.6) is 0 Å². The second-order valence-electron chi connectivity index (χ2n) is 2.82. The van der Waals surface area contributed by atoms with E-state index in [0.717, 1.165) is 11.3 Å². The van der Waals surface area contributed by atoms with Crippen molar-refractivity contribution in [3.63, 3.8) is 0 Å². The highest BCUT2D eigenvalue weighted by molar-refractivity contribution is 5.85. The Balaban J connectivity index is 0.000000720. The summed E-state index contributed by atoms with van der Waals surface area (Å²) in [7, 11) is 0. The molecule has 0 amide bonds. The van der Waals surface area contributed by atoms with Gasteiger partial charge in [-0.2, -0.15) is 0 Å². The average molecular weight is 183 g/mol. The van der Waals surface area contributed by atoms with Gasteiger partial charge in [0, 0.05) is 10.9 Å². The molecule has 2 aromatic rings. The van der Waals surface area contributed by atoms with E-state index in [1.165, 1.54) is 10.9 Å². The Morgan fingerprint density at radius 1 is 1.25 bits per heavy atom. The minimum absolute atomic E-state index is 0. The molecule has 0 unspecified atom stereocenters. The average Bonchev–Trinajstić information content (AvgIpc) is 2.27. The minimum atomic E-state index is 0. The Hall–Kier alpha value is -1.15. The number of aromatic nitrogens is 1. The smallest absolute Gasteiger partial charge is 0.101 e. The van der Waals surface area contributed by atoms with E-state index in [9.17, 15) is 0 Å². The third-order valence-corrected chi connectivity index (χ3v) is 1.80. The Labute approximate surface area is 77.2 Å². The fraction of sp³-hybridized carbons (Fsp3) is 0.111. The quantitative estimate of drug-likeness (QED) is 0.646. The number of rotatable bonds is 0. The molecule has 1 aromatic carbocycles. The molecular weight excluding hydrogens is 172 g/mol. The zero-order valence-electron chi connectivity index (χ0n) is 6.79. The fourth-order valence-corrected chi connectivity index (χ4v) is 1.27. The van der Waals surface area contributed by atoms with E-state index in [1.54, 1.807) is 0 Å². The Bertz CT molecular complexity index is 392. The van der Waals surface area contributed by atoms with Gasteiger partial charge in [0.2, 0.25) is 0 Å². The largest absolute Gasteiger partial charge is 0.385 e. The summed E-state index contributed by atoms with van der Waals surface area (Å²) in [4.78, 5) is 3.06. The van der Waals surface area contributed by atoms with Crippen LogP contribution >= 0.6 is 12.4 Å². The highest BCUT2D eigenvalue weighted by Gasteiger charge is 1.95. The molecule has 64 valence electrons. The van der Waals surface area contributed by atoms with Crippen LogP contribution in [0.25, 0.3) is 10.9 Å². The van der Waals surface area contributed by atoms with Crippen LogP contribution < -0.4 is 5.73 Å². The van der Waals surface area contributed by atoms with Crippen molar-refractivity contribution < 1.29 is 0 Å². The van der Waals surface area contributed by atoms with Gasteiger partial charge in [-0.25, -0.2) is 0 Å². The summed E-state index contributed by atoms with van der Waals surface area (Å²) in [6, 6.07) is 8.17. The number of H-pyrrole nitrogens is 1. The van der Waals surface area contributed by atoms with Crippen molar-refractivity contribution in [1.82, 2.24) is 4.98 Å². The van der Waals surface area contributed by atoms with Crippen molar-refractivity contribution in [2.45, 2.75) is 6.92 Å². The van der Waals surface area contributed by atoms with E-state index in [1.807, 2.05) is 12.1 Å². The lowest BCUT2D eigenvalue weighted by atomic mass is 10.2. The number of fused-ring (bicyclic) bond motifs is 1. The van der Waals surface area contributed by atoms with E-state index < -0.39 is 0 Å². The molecule has 0 aliphatic rings. The van der Waals surface area contributed by atoms with Crippen LogP contribution in [0.2, 0.25) is 0 Å². The summed E-state index contributed by atoms with van der Waals surface area (Å²) in [5.74, 6) is 0.727. The van der Waals surface area contributed by atoms with Gasteiger partial charge in [-0.05, 0) is 25.1 Å². The fourth-order valence-electron chi connectivity index (χ4n) is 1.27. The SMILES string of the molecule is Cc1ccc2[nH]c(N)cc2c1.Cl. The first kappa shape index (κ1) is 8.94. The zero-order valence-corrected chi connectivity index (χ0v) is 7.61. The van der Waals surface area contributed by atoms with E-state index in [-0.39, 0.29) is 12.4 Å². The second kappa shape index (κ2) is 3.07. The summed E-state index contributed by atoms with van der Waals surface area (Å²) in [5.41, 5.74) is 7.95. The van der Waals surface area contributed by atoms with Crippen LogP contribution in [0.3, 0.4) is 0 Å². The number of hydrogen-bond acceptors (Lipinski definition) is 1. The number of nitrogens with one attached hydrogen (secondary N) is 1. The van der Waals surface area contributed by atoms with E-state index in [0.29, 0.717) is 0 Å². The van der Waals surface area contributed by atoms with Crippen molar-refractivity contribution in [3.8, 4) is 0 Å². The van der Waals surface area contributed by atoms with Crippen LogP contribution in [-0.4, -0.2) is 4.98 Å². The van der Waals surface area contributed by atoms with Crippen molar-refractivity contribution in [1.29, 1.82) is 0 Å². The monoisotopic (exact) mass is 182 g/mol. The maximum atomic E-state index is 5.59. The van der Waals surface area contributed by atoms with Gasteiger partial charge in [0.1, 0.15) is 5.82 Å². The molecular formula is C9H11ClN2. The topological polar surface area (TPSA) is 41.8 Å². The summed E-state index contributed by atoms with van der Waals surface area (Å²) >= 11 is 0. The van der Waals surface area contributed by atoms with Gasteiger partial charge in [-0.1, -0.05) is 11.6 Å². The van der Waals surface area contributed by atoms with Gasteiger partial charge >= 0.3 is 0 Å². The number of halogens is 1. The van der Waals surface area contributed by atoms with Gasteiger partial charge in [-0.15, -0.1) is 12.4 Å². The molecule has 0 bridgehead atoms. The molecule has 0 aliphatic carbocycles. The van der Waals surface area contributed by atoms with Crippen LogP contribution in [0, 0.1) is 6.92 Å². The number of hydrogen-bond donors (Lipinski definition) is 2. The van der Waals surface area contributed by atoms with Gasteiger partial charge in [0.15, 0.2) is 0 Å². The van der Waals surface area contributed by atoms with Crippen molar-refractivity contribution in [3.05, 3.63) is 29.8 Å². The van der Waals surface area contributed by atoms with Crippen LogP contribution in [0.1, 0.15) is 5.56 Å². The number of aryl methyl sites for hydroxylation is 1. The van der Waals surface area contributed by atoms with Gasteiger partial charge in [0.05, 0.1) is 0 Å². The zero-order chi connectivity index (χ0) is 7.84. The first-order valence-corrected chi connectivity index (χ1v) is 3.60. The number of anilines is 1. The molecule has 2 nitrogen and oxygen atoms in total. The molecule has 0 fully saturated rings. The van der Waals surface area contributed by atoms with Crippen molar-refractivity contribution in [2.24, 2.45) is 0 Å². The maximum absolute atomic E-state index is 5.59. The van der Waals surface area contributed by atoms with Crippen LogP contribution in [-0.2, 0) is 0 Å². The third kappa shape index (κ3) is 1.38. The number of nitrogens with two attached hydrogens (primary N) is 1. The number of nitrogen functional groups attached to an aromatic ring is 1. The summed E-state index contributed by atoms with van der Waals surface area (Å²) in [5, 5.41) is 1.18. The van der Waals surface area contributed by atoms with E-state index in [2.05, 4.69) is 24.0 Å². The summed E-state index contributed by atoms with van der Waals surface area (Å²) in [6.45, 7) is 2.07. The van der Waals surface area contributed by atoms with Crippen LogP contribution in [0.4, 0.5) is 5.82 Å². The van der Waals surface area contributed by atoms with Crippen molar-refractivity contribution in [2.75, 3.05) is 5.73 Å². The lowest BCUT2D eigenvalue weighted by Crippen LogP contribution is -1.80. The third-order valence-electron chi connectivity index (χ3n) is 1.80. The molecule has 1 heterocycles. The van der Waals surface area contributed by atoms with E-state index >= 15 is 0 Å². The molecule has 0 saturated heterocycles. The molecule has 1 aromatic heterocycles. The van der Waals surface area contributed by atoms with Gasteiger partial charge < -0.3 is 10.7 Å². The number of benzene rings is 1. The molecule has 0 spiro atoms. The molecule has 0 saturated carbocycles. The highest BCUT2D eigenvalue weighted by Crippen LogP contribution is 2.17. The van der Waals surface area contributed by atoms with Crippen LogP contribution in [0.15, 0.2) is 24.3 Å².